The number of rotatable bonds is 1. The second-order valence-electron chi connectivity index (χ2n) is 4.34. The lowest BCUT2D eigenvalue weighted by Gasteiger charge is -2.21. The maximum Gasteiger partial charge on any atom is 0.256 e. The number of nitrogens with one attached hydrogen (secondary N) is 1. The zero-order valence-corrected chi connectivity index (χ0v) is 9.72. The van der Waals surface area contributed by atoms with E-state index in [2.05, 4.69) is 9.68 Å². The van der Waals surface area contributed by atoms with Crippen LogP contribution in [0.5, 0.6) is 0 Å². The number of hydrogen-bond acceptors (Lipinski definition) is 3. The van der Waals surface area contributed by atoms with Crippen LogP contribution in [0.3, 0.4) is 0 Å². The van der Waals surface area contributed by atoms with Gasteiger partial charge in [-0.1, -0.05) is 6.42 Å². The smallest absolute Gasteiger partial charge is 0.256 e. The summed E-state index contributed by atoms with van der Waals surface area (Å²) in [6.45, 7) is 1.62. The average molecular weight is 230 g/mol. The van der Waals surface area contributed by atoms with Crippen molar-refractivity contribution in [1.29, 1.82) is 0 Å². The Morgan fingerprint density at radius 2 is 2.00 bits per heavy atom. The van der Waals surface area contributed by atoms with Crippen molar-refractivity contribution in [2.75, 3.05) is 24.6 Å². The van der Waals surface area contributed by atoms with Gasteiger partial charge in [0.1, 0.15) is 0 Å². The topological polar surface area (TPSA) is 58.5 Å². The first-order chi connectivity index (χ1) is 7.20. The van der Waals surface area contributed by atoms with Crippen molar-refractivity contribution in [3.63, 3.8) is 0 Å². The molecule has 1 atom stereocenters. The van der Waals surface area contributed by atoms with Gasteiger partial charge in [-0.3, -0.25) is 4.79 Å². The third-order valence-corrected chi connectivity index (χ3v) is 5.41. The molecular weight excluding hydrogens is 212 g/mol. The molecule has 0 aromatic rings. The molecule has 0 radical (unpaired) electrons. The van der Waals surface area contributed by atoms with Crippen molar-refractivity contribution >= 4 is 15.6 Å². The molecule has 0 aromatic carbocycles. The molecule has 0 spiro atoms. The maximum absolute atomic E-state index is 12.3. The Labute approximate surface area is 91.0 Å². The van der Waals surface area contributed by atoms with Gasteiger partial charge in [0.05, 0.1) is 9.73 Å². The molecule has 1 aliphatic heterocycles. The summed E-state index contributed by atoms with van der Waals surface area (Å²) in [5.74, 6) is 1.09. The van der Waals surface area contributed by atoms with E-state index in [1.807, 2.05) is 0 Å². The van der Waals surface area contributed by atoms with Gasteiger partial charge in [-0.2, -0.15) is 4.36 Å². The maximum atomic E-state index is 12.3. The SMILES string of the molecule is O=C(N=S1(=O)CCCNCC1)C1CCC1. The summed E-state index contributed by atoms with van der Waals surface area (Å²) in [4.78, 5) is 11.6. The van der Waals surface area contributed by atoms with Crippen LogP contribution in [0.4, 0.5) is 0 Å². The Hall–Kier alpha value is -0.420. The first-order valence-corrected chi connectivity index (χ1v) is 7.52. The van der Waals surface area contributed by atoms with Crippen LogP contribution in [0, 0.1) is 5.92 Å². The molecule has 1 saturated carbocycles. The summed E-state index contributed by atoms with van der Waals surface area (Å²) in [7, 11) is -2.23. The fourth-order valence-corrected chi connectivity index (χ4v) is 3.79. The van der Waals surface area contributed by atoms with Gasteiger partial charge in [-0.25, -0.2) is 4.21 Å². The van der Waals surface area contributed by atoms with Crippen molar-refractivity contribution in [3.8, 4) is 0 Å². The number of carbonyl (C=O) groups excluding carboxylic acids is 1. The fraction of sp³-hybridized carbons (Fsp3) is 0.900. The second kappa shape index (κ2) is 4.61. The molecule has 2 aliphatic rings. The molecule has 1 amide bonds. The highest BCUT2D eigenvalue weighted by Gasteiger charge is 2.26. The van der Waals surface area contributed by atoms with E-state index in [9.17, 15) is 9.00 Å². The van der Waals surface area contributed by atoms with Crippen molar-refractivity contribution in [2.24, 2.45) is 10.3 Å². The standard InChI is InChI=1S/C10H18N2O2S/c13-10(9-3-1-4-9)12-15(14)7-2-5-11-6-8-15/h9,11H,1-8H2. The molecule has 0 bridgehead atoms. The predicted molar refractivity (Wildman–Crippen MR) is 60.1 cm³/mol. The lowest BCUT2D eigenvalue weighted by Crippen LogP contribution is -2.24. The predicted octanol–water partition coefficient (Wildman–Crippen LogP) is 0.774. The Bertz CT molecular complexity index is 340. The van der Waals surface area contributed by atoms with Gasteiger partial charge in [0, 0.05) is 24.0 Å². The highest BCUT2D eigenvalue weighted by atomic mass is 32.2. The summed E-state index contributed by atoms with van der Waals surface area (Å²) in [6.07, 6.45) is 3.86. The molecule has 1 N–H and O–H groups in total. The highest BCUT2D eigenvalue weighted by molar-refractivity contribution is 7.93. The second-order valence-corrected chi connectivity index (χ2v) is 6.89. The van der Waals surface area contributed by atoms with Crippen LogP contribution in [-0.2, 0) is 14.5 Å². The Morgan fingerprint density at radius 1 is 1.20 bits per heavy atom. The van der Waals surface area contributed by atoms with Crippen molar-refractivity contribution in [1.82, 2.24) is 5.32 Å². The normalized spacial score (nSPS) is 32.8. The van der Waals surface area contributed by atoms with Gasteiger partial charge >= 0.3 is 0 Å². The minimum absolute atomic E-state index is 0.0829. The number of hydrogen-bond donors (Lipinski definition) is 1. The molecule has 1 aliphatic carbocycles. The van der Waals surface area contributed by atoms with E-state index in [1.54, 1.807) is 0 Å². The summed E-state index contributed by atoms with van der Waals surface area (Å²) in [6, 6.07) is 0. The number of amides is 1. The van der Waals surface area contributed by atoms with Crippen LogP contribution in [0.1, 0.15) is 25.7 Å². The van der Waals surface area contributed by atoms with E-state index in [1.165, 1.54) is 0 Å². The van der Waals surface area contributed by atoms with Crippen LogP contribution in [0.2, 0.25) is 0 Å². The summed E-state index contributed by atoms with van der Waals surface area (Å²) >= 11 is 0. The molecule has 1 saturated heterocycles. The van der Waals surface area contributed by atoms with E-state index < -0.39 is 9.73 Å². The first-order valence-electron chi connectivity index (χ1n) is 5.67. The van der Waals surface area contributed by atoms with Crippen LogP contribution >= 0.6 is 0 Å². The van der Waals surface area contributed by atoms with E-state index in [4.69, 9.17) is 0 Å². The minimum atomic E-state index is -2.23. The Kier molecular flexibility index (Phi) is 3.41. The molecule has 2 rings (SSSR count). The molecule has 1 unspecified atom stereocenters. The quantitative estimate of drug-likeness (QED) is 0.724. The lowest BCUT2D eigenvalue weighted by molar-refractivity contribution is -0.123. The summed E-state index contributed by atoms with van der Waals surface area (Å²) < 4.78 is 16.3. The number of carbonyl (C=O) groups is 1. The first kappa shape index (κ1) is 11.1. The third-order valence-electron chi connectivity index (χ3n) is 3.13. The van der Waals surface area contributed by atoms with Crippen molar-refractivity contribution in [3.05, 3.63) is 0 Å². The van der Waals surface area contributed by atoms with E-state index in [0.29, 0.717) is 11.5 Å². The van der Waals surface area contributed by atoms with E-state index >= 15 is 0 Å². The van der Waals surface area contributed by atoms with Gasteiger partial charge in [0.2, 0.25) is 0 Å². The van der Waals surface area contributed by atoms with Gasteiger partial charge in [0.25, 0.3) is 5.91 Å². The molecule has 5 heteroatoms. The molecular formula is C10H18N2O2S. The van der Waals surface area contributed by atoms with Gasteiger partial charge < -0.3 is 5.32 Å². The molecule has 4 nitrogen and oxygen atoms in total. The zero-order valence-electron chi connectivity index (χ0n) is 8.91. The zero-order chi connectivity index (χ0) is 10.7. The summed E-state index contributed by atoms with van der Waals surface area (Å²) in [5, 5.41) is 3.18. The lowest BCUT2D eigenvalue weighted by atomic mass is 9.85. The van der Waals surface area contributed by atoms with Gasteiger partial charge in [0.15, 0.2) is 0 Å². The molecule has 15 heavy (non-hydrogen) atoms. The van der Waals surface area contributed by atoms with Gasteiger partial charge in [-0.05, 0) is 25.8 Å². The van der Waals surface area contributed by atoms with Crippen LogP contribution in [0.15, 0.2) is 4.36 Å². The van der Waals surface area contributed by atoms with E-state index in [-0.39, 0.29) is 11.8 Å². The van der Waals surface area contributed by atoms with E-state index in [0.717, 1.165) is 38.8 Å². The highest BCUT2D eigenvalue weighted by Crippen LogP contribution is 2.28. The monoisotopic (exact) mass is 230 g/mol. The fourth-order valence-electron chi connectivity index (χ4n) is 1.87. The van der Waals surface area contributed by atoms with Crippen LogP contribution in [0.25, 0.3) is 0 Å². The van der Waals surface area contributed by atoms with Gasteiger partial charge in [-0.15, -0.1) is 0 Å². The van der Waals surface area contributed by atoms with Crippen LogP contribution in [-0.4, -0.2) is 34.7 Å². The average Bonchev–Trinajstić information content (AvgIpc) is 2.26. The summed E-state index contributed by atoms with van der Waals surface area (Å²) in [5.41, 5.74) is 0. The van der Waals surface area contributed by atoms with Crippen molar-refractivity contribution in [2.45, 2.75) is 25.7 Å². The third kappa shape index (κ3) is 2.78. The van der Waals surface area contributed by atoms with Crippen molar-refractivity contribution < 1.29 is 9.00 Å². The Balaban J connectivity index is 2.07. The minimum Gasteiger partial charge on any atom is -0.316 e. The Morgan fingerprint density at radius 3 is 2.67 bits per heavy atom. The number of nitrogens with zero attached hydrogens (tertiary/aromatic N) is 1. The molecule has 86 valence electrons. The molecule has 1 heterocycles. The van der Waals surface area contributed by atoms with Crippen LogP contribution < -0.4 is 5.32 Å². The molecule has 0 aromatic heterocycles. The molecule has 2 fully saturated rings. The largest absolute Gasteiger partial charge is 0.316 e.